The van der Waals surface area contributed by atoms with Gasteiger partial charge in [0.2, 0.25) is 11.7 Å². The summed E-state index contributed by atoms with van der Waals surface area (Å²) in [6.07, 6.45) is 2.10. The van der Waals surface area contributed by atoms with E-state index in [4.69, 9.17) is 25.0 Å². The average Bonchev–Trinajstić information content (AvgIpc) is 3.06. The molecule has 0 radical (unpaired) electrons. The fourth-order valence-corrected chi connectivity index (χ4v) is 5.13. The first-order valence-electron chi connectivity index (χ1n) is 11.1. The molecule has 2 unspecified atom stereocenters. The number of rotatable bonds is 2. The lowest BCUT2D eigenvalue weighted by molar-refractivity contribution is -0.198. The van der Waals surface area contributed by atoms with E-state index >= 15 is 0 Å². The number of fused-ring (bicyclic) bond motifs is 2. The molecule has 8 heteroatoms. The number of hydroxylamine groups is 2. The van der Waals surface area contributed by atoms with Crippen LogP contribution in [0.3, 0.4) is 0 Å². The van der Waals surface area contributed by atoms with E-state index in [2.05, 4.69) is 13.8 Å². The highest BCUT2D eigenvalue weighted by Crippen LogP contribution is 2.50. The van der Waals surface area contributed by atoms with E-state index in [0.717, 1.165) is 12.8 Å². The van der Waals surface area contributed by atoms with Gasteiger partial charge in [-0.1, -0.05) is 18.2 Å². The van der Waals surface area contributed by atoms with Crippen molar-refractivity contribution in [3.63, 3.8) is 0 Å². The quantitative estimate of drug-likeness (QED) is 0.742. The highest BCUT2D eigenvalue weighted by atomic mass is 19.1. The Morgan fingerprint density at radius 2 is 2.06 bits per heavy atom. The molecule has 0 aromatic heterocycles. The highest BCUT2D eigenvalue weighted by molar-refractivity contribution is 5.79. The van der Waals surface area contributed by atoms with E-state index < -0.39 is 11.5 Å². The first kappa shape index (κ1) is 21.7. The van der Waals surface area contributed by atoms with Crippen molar-refractivity contribution in [2.75, 3.05) is 13.7 Å². The molecule has 2 aromatic carbocycles. The number of hydrogen-bond acceptors (Lipinski definition) is 7. The average molecular weight is 451 g/mol. The van der Waals surface area contributed by atoms with E-state index in [0.29, 0.717) is 35.5 Å². The normalized spacial score (nSPS) is 28.1. The standard InChI is InChI=1S/C25H27FN4O3/c1-24(2)12-16(9-10-31-24)21-13-25(29-23(28)30(3)33-25)19-11-15(7-8-20(19)32-21)18-6-4-5-17(14-27)22(18)26/h4-8,11,16,21H,9-10,12-13H2,1-3H3,(H2,28,29)/t16-,21?,25?/m1/s1. The van der Waals surface area contributed by atoms with Gasteiger partial charge in [-0.25, -0.2) is 19.3 Å². The van der Waals surface area contributed by atoms with E-state index in [1.54, 1.807) is 25.2 Å². The molecule has 3 aliphatic heterocycles. The predicted molar refractivity (Wildman–Crippen MR) is 120 cm³/mol. The van der Waals surface area contributed by atoms with Crippen LogP contribution in [0.25, 0.3) is 11.1 Å². The minimum absolute atomic E-state index is 0.00232. The Hall–Kier alpha value is -3.15. The summed E-state index contributed by atoms with van der Waals surface area (Å²) in [5.74, 6) is 0.634. The third kappa shape index (κ3) is 3.71. The zero-order valence-electron chi connectivity index (χ0n) is 19.0. The van der Waals surface area contributed by atoms with Gasteiger partial charge in [0.25, 0.3) is 0 Å². The summed E-state index contributed by atoms with van der Waals surface area (Å²) in [6.45, 7) is 4.87. The molecule has 0 saturated carbocycles. The smallest absolute Gasteiger partial charge is 0.221 e. The van der Waals surface area contributed by atoms with Crippen LogP contribution in [0.5, 0.6) is 5.75 Å². The predicted octanol–water partition coefficient (Wildman–Crippen LogP) is 4.07. The zero-order chi connectivity index (χ0) is 23.4. The van der Waals surface area contributed by atoms with Gasteiger partial charge in [0.1, 0.15) is 23.7 Å². The maximum atomic E-state index is 14.9. The van der Waals surface area contributed by atoms with E-state index in [1.165, 1.54) is 11.1 Å². The van der Waals surface area contributed by atoms with Gasteiger partial charge in [-0.15, -0.1) is 0 Å². The Morgan fingerprint density at radius 1 is 1.24 bits per heavy atom. The molecule has 7 nitrogen and oxygen atoms in total. The number of nitriles is 1. The number of ether oxygens (including phenoxy) is 2. The van der Waals surface area contributed by atoms with Crippen molar-refractivity contribution >= 4 is 5.96 Å². The molecule has 3 aliphatic rings. The van der Waals surface area contributed by atoms with E-state index in [9.17, 15) is 9.65 Å². The van der Waals surface area contributed by atoms with Crippen LogP contribution in [0.4, 0.5) is 4.39 Å². The third-order valence-electron chi connectivity index (χ3n) is 6.75. The summed E-state index contributed by atoms with van der Waals surface area (Å²) >= 11 is 0. The van der Waals surface area contributed by atoms with Crippen molar-refractivity contribution in [3.8, 4) is 22.9 Å². The Kier molecular flexibility index (Phi) is 5.07. The SMILES string of the molecule is CN1OC2(CC([C@@H]3CCOC(C)(C)C3)Oc3ccc(-c4cccc(C#N)c4F)cc32)N=C1N. The molecule has 1 fully saturated rings. The highest BCUT2D eigenvalue weighted by Gasteiger charge is 2.51. The monoisotopic (exact) mass is 450 g/mol. The number of halogens is 1. The van der Waals surface area contributed by atoms with E-state index in [-0.39, 0.29) is 29.1 Å². The molecule has 2 aromatic rings. The fourth-order valence-electron chi connectivity index (χ4n) is 5.13. The summed E-state index contributed by atoms with van der Waals surface area (Å²) in [6, 6.07) is 12.1. The van der Waals surface area contributed by atoms with Crippen molar-refractivity contribution in [2.45, 2.75) is 50.5 Å². The van der Waals surface area contributed by atoms with Crippen molar-refractivity contribution in [1.82, 2.24) is 5.06 Å². The lowest BCUT2D eigenvalue weighted by Gasteiger charge is -2.44. The minimum atomic E-state index is -1.06. The van der Waals surface area contributed by atoms with Crippen molar-refractivity contribution in [3.05, 3.63) is 53.3 Å². The molecule has 1 saturated heterocycles. The van der Waals surface area contributed by atoms with Gasteiger partial charge in [0.05, 0.1) is 16.7 Å². The van der Waals surface area contributed by atoms with Crippen LogP contribution in [0.1, 0.15) is 44.2 Å². The molecule has 0 bridgehead atoms. The molecule has 2 N–H and O–H groups in total. The molecular weight excluding hydrogens is 423 g/mol. The Bertz CT molecular complexity index is 1170. The summed E-state index contributed by atoms with van der Waals surface area (Å²) in [7, 11) is 1.72. The molecule has 0 aliphatic carbocycles. The Balaban J connectivity index is 1.58. The maximum Gasteiger partial charge on any atom is 0.221 e. The van der Waals surface area contributed by atoms with Crippen LogP contribution >= 0.6 is 0 Å². The number of guanidine groups is 1. The molecule has 5 rings (SSSR count). The summed E-state index contributed by atoms with van der Waals surface area (Å²) in [4.78, 5) is 10.9. The van der Waals surface area contributed by atoms with Crippen LogP contribution in [0, 0.1) is 23.1 Å². The lowest BCUT2D eigenvalue weighted by atomic mass is 9.79. The summed E-state index contributed by atoms with van der Waals surface area (Å²) < 4.78 is 27.3. The lowest BCUT2D eigenvalue weighted by Crippen LogP contribution is -2.46. The van der Waals surface area contributed by atoms with Crippen molar-refractivity contribution in [2.24, 2.45) is 16.6 Å². The third-order valence-corrected chi connectivity index (χ3v) is 6.75. The number of hydrogen-bond donors (Lipinski definition) is 1. The molecule has 0 amide bonds. The molecule has 172 valence electrons. The van der Waals surface area contributed by atoms with Crippen LogP contribution in [-0.4, -0.2) is 36.4 Å². The van der Waals surface area contributed by atoms with Crippen LogP contribution in [0.15, 0.2) is 41.4 Å². The van der Waals surface area contributed by atoms with Gasteiger partial charge in [0.15, 0.2) is 0 Å². The molecule has 3 heterocycles. The van der Waals surface area contributed by atoms with E-state index in [1.807, 2.05) is 18.2 Å². The Morgan fingerprint density at radius 3 is 2.76 bits per heavy atom. The van der Waals surface area contributed by atoms with Crippen molar-refractivity contribution in [1.29, 1.82) is 5.26 Å². The summed E-state index contributed by atoms with van der Waals surface area (Å²) in [5, 5.41) is 10.7. The topological polar surface area (TPSA) is 93.1 Å². The largest absolute Gasteiger partial charge is 0.489 e. The van der Waals surface area contributed by atoms with Gasteiger partial charge >= 0.3 is 0 Å². The molecular formula is C25H27FN4O3. The van der Waals surface area contributed by atoms with Gasteiger partial charge in [-0.2, -0.15) is 5.26 Å². The van der Waals surface area contributed by atoms with Gasteiger partial charge in [-0.3, -0.25) is 0 Å². The second-order valence-electron chi connectivity index (χ2n) is 9.55. The minimum Gasteiger partial charge on any atom is -0.489 e. The number of nitrogens with zero attached hydrogens (tertiary/aromatic N) is 3. The number of nitrogens with two attached hydrogens (primary N) is 1. The zero-order valence-corrected chi connectivity index (χ0v) is 19.0. The van der Waals surface area contributed by atoms with Gasteiger partial charge < -0.3 is 15.2 Å². The van der Waals surface area contributed by atoms with Crippen LogP contribution in [0.2, 0.25) is 0 Å². The maximum absolute atomic E-state index is 14.9. The molecule has 3 atom stereocenters. The number of benzene rings is 2. The number of aliphatic imine (C=N–C) groups is 1. The van der Waals surface area contributed by atoms with Crippen molar-refractivity contribution < 1.29 is 18.7 Å². The fraction of sp³-hybridized carbons (Fsp3) is 0.440. The van der Waals surface area contributed by atoms with Gasteiger partial charge in [0, 0.05) is 31.6 Å². The van der Waals surface area contributed by atoms with Crippen LogP contribution < -0.4 is 10.5 Å². The second-order valence-corrected chi connectivity index (χ2v) is 9.55. The second kappa shape index (κ2) is 7.72. The Labute approximate surface area is 192 Å². The molecule has 1 spiro atoms. The first-order valence-corrected chi connectivity index (χ1v) is 11.1. The molecule has 33 heavy (non-hydrogen) atoms. The van der Waals surface area contributed by atoms with Gasteiger partial charge in [-0.05, 0) is 50.5 Å². The first-order chi connectivity index (χ1) is 15.7. The van der Waals surface area contributed by atoms with Crippen LogP contribution in [-0.2, 0) is 15.3 Å². The summed E-state index contributed by atoms with van der Waals surface area (Å²) in [5.41, 5.74) is 6.48.